The summed E-state index contributed by atoms with van der Waals surface area (Å²) in [6, 6.07) is 3.88. The fraction of sp³-hybridized carbons (Fsp3) is 0.688. The van der Waals surface area contributed by atoms with Crippen molar-refractivity contribution in [3.8, 4) is 5.88 Å². The minimum absolute atomic E-state index is 0.514. The second kappa shape index (κ2) is 8.72. The highest BCUT2D eigenvalue weighted by Crippen LogP contribution is 2.23. The van der Waals surface area contributed by atoms with Gasteiger partial charge in [-0.25, -0.2) is 0 Å². The summed E-state index contributed by atoms with van der Waals surface area (Å²) in [4.78, 5) is 6.52. The molecule has 21 heavy (non-hydrogen) atoms. The topological polar surface area (TPSA) is 60.6 Å². The van der Waals surface area contributed by atoms with Crippen LogP contribution < -0.4 is 15.4 Å². The van der Waals surface area contributed by atoms with Crippen LogP contribution in [0.4, 0.5) is 11.5 Å². The van der Waals surface area contributed by atoms with Gasteiger partial charge in [-0.05, 0) is 6.42 Å². The minimum atomic E-state index is 0.514. The Kier molecular flexibility index (Phi) is 6.60. The Morgan fingerprint density at radius 1 is 1.19 bits per heavy atom. The lowest BCUT2D eigenvalue weighted by molar-refractivity contribution is 0.122. The lowest BCUT2D eigenvalue weighted by Gasteiger charge is -2.29. The van der Waals surface area contributed by atoms with Crippen molar-refractivity contribution in [2.45, 2.75) is 39.0 Å². The van der Waals surface area contributed by atoms with Gasteiger partial charge >= 0.3 is 0 Å². The van der Waals surface area contributed by atoms with Gasteiger partial charge in [0.1, 0.15) is 5.82 Å². The summed E-state index contributed by atoms with van der Waals surface area (Å²) in [6.07, 6.45) is 6.14. The van der Waals surface area contributed by atoms with Crippen molar-refractivity contribution in [1.29, 1.82) is 0 Å². The van der Waals surface area contributed by atoms with Gasteiger partial charge in [-0.1, -0.05) is 32.6 Å². The van der Waals surface area contributed by atoms with Crippen molar-refractivity contribution in [1.82, 2.24) is 4.98 Å². The third kappa shape index (κ3) is 5.42. The Labute approximate surface area is 127 Å². The summed E-state index contributed by atoms with van der Waals surface area (Å²) in [5.74, 6) is 1.15. The van der Waals surface area contributed by atoms with E-state index in [1.807, 2.05) is 12.1 Å². The van der Waals surface area contributed by atoms with Crippen molar-refractivity contribution in [3.63, 3.8) is 0 Å². The van der Waals surface area contributed by atoms with Gasteiger partial charge in [0.2, 0.25) is 5.88 Å². The van der Waals surface area contributed by atoms with E-state index in [4.69, 9.17) is 15.2 Å². The summed E-state index contributed by atoms with van der Waals surface area (Å²) in [6.45, 7) is 6.23. The molecule has 0 unspecified atom stereocenters. The highest BCUT2D eigenvalue weighted by atomic mass is 16.5. The van der Waals surface area contributed by atoms with Gasteiger partial charge in [-0.2, -0.15) is 4.98 Å². The van der Waals surface area contributed by atoms with Gasteiger partial charge in [0.25, 0.3) is 0 Å². The zero-order valence-corrected chi connectivity index (χ0v) is 13.0. The maximum absolute atomic E-state index is 5.89. The molecule has 0 spiro atoms. The smallest absolute Gasteiger partial charge is 0.217 e. The van der Waals surface area contributed by atoms with Gasteiger partial charge in [0.15, 0.2) is 0 Å². The summed E-state index contributed by atoms with van der Waals surface area (Å²) in [7, 11) is 0. The first-order chi connectivity index (χ1) is 10.3. The van der Waals surface area contributed by atoms with E-state index in [0.717, 1.165) is 38.4 Å². The van der Waals surface area contributed by atoms with Crippen LogP contribution in [0.5, 0.6) is 5.88 Å². The molecule has 1 saturated heterocycles. The van der Waals surface area contributed by atoms with Crippen LogP contribution in [-0.4, -0.2) is 37.9 Å². The zero-order chi connectivity index (χ0) is 14.9. The van der Waals surface area contributed by atoms with Crippen LogP contribution in [0, 0.1) is 0 Å². The number of hydrogen-bond acceptors (Lipinski definition) is 5. The monoisotopic (exact) mass is 293 g/mol. The van der Waals surface area contributed by atoms with Crippen LogP contribution in [0.25, 0.3) is 0 Å². The molecule has 2 N–H and O–H groups in total. The van der Waals surface area contributed by atoms with Gasteiger partial charge < -0.3 is 20.1 Å². The molecule has 5 heteroatoms. The van der Waals surface area contributed by atoms with E-state index in [1.54, 1.807) is 0 Å². The minimum Gasteiger partial charge on any atom is -0.478 e. The first-order valence-corrected chi connectivity index (χ1v) is 8.02. The number of morpholine rings is 1. The molecule has 2 rings (SSSR count). The maximum atomic E-state index is 5.89. The summed E-state index contributed by atoms with van der Waals surface area (Å²) in [5.41, 5.74) is 6.96. The average molecular weight is 293 g/mol. The quantitative estimate of drug-likeness (QED) is 0.747. The molecule has 0 saturated carbocycles. The number of nitrogen functional groups attached to an aromatic ring is 1. The molecule has 1 aliphatic heterocycles. The Bertz CT molecular complexity index is 420. The average Bonchev–Trinajstić information content (AvgIpc) is 2.51. The molecule has 118 valence electrons. The summed E-state index contributed by atoms with van der Waals surface area (Å²) < 4.78 is 11.1. The van der Waals surface area contributed by atoms with Gasteiger partial charge in [-0.3, -0.25) is 0 Å². The second-order valence-corrected chi connectivity index (χ2v) is 5.45. The number of pyridine rings is 1. The predicted molar refractivity (Wildman–Crippen MR) is 85.9 cm³/mol. The number of aromatic nitrogens is 1. The molecule has 1 aromatic rings. The van der Waals surface area contributed by atoms with E-state index < -0.39 is 0 Å². The van der Waals surface area contributed by atoms with Crippen molar-refractivity contribution >= 4 is 11.5 Å². The summed E-state index contributed by atoms with van der Waals surface area (Å²) in [5, 5.41) is 0. The third-order valence-corrected chi connectivity index (χ3v) is 3.68. The molecule has 0 radical (unpaired) electrons. The molecule has 0 aromatic carbocycles. The van der Waals surface area contributed by atoms with Crippen molar-refractivity contribution in [2.24, 2.45) is 0 Å². The fourth-order valence-electron chi connectivity index (χ4n) is 2.47. The van der Waals surface area contributed by atoms with E-state index in [-0.39, 0.29) is 0 Å². The molecule has 0 atom stereocenters. The highest BCUT2D eigenvalue weighted by Gasteiger charge is 2.13. The van der Waals surface area contributed by atoms with Crippen molar-refractivity contribution < 1.29 is 9.47 Å². The van der Waals surface area contributed by atoms with Gasteiger partial charge in [-0.15, -0.1) is 0 Å². The third-order valence-electron chi connectivity index (χ3n) is 3.68. The first-order valence-electron chi connectivity index (χ1n) is 8.02. The number of nitrogens with two attached hydrogens (primary N) is 1. The van der Waals surface area contributed by atoms with Crippen LogP contribution >= 0.6 is 0 Å². The van der Waals surface area contributed by atoms with E-state index in [1.165, 1.54) is 25.7 Å². The van der Waals surface area contributed by atoms with Gasteiger partial charge in [0, 0.05) is 30.9 Å². The van der Waals surface area contributed by atoms with Crippen molar-refractivity contribution in [2.75, 3.05) is 43.5 Å². The second-order valence-electron chi connectivity index (χ2n) is 5.45. The molecule has 2 heterocycles. The molecular weight excluding hydrogens is 266 g/mol. The Balaban J connectivity index is 1.83. The molecule has 1 fully saturated rings. The standard InChI is InChI=1S/C16H27N3O2/c1-2-3-4-5-6-9-21-16-13-14(12-15(17)18-16)19-7-10-20-11-8-19/h12-13H,2-11H2,1H3,(H2,17,18). The molecule has 1 aromatic heterocycles. The van der Waals surface area contributed by atoms with E-state index in [2.05, 4.69) is 16.8 Å². The lowest BCUT2D eigenvalue weighted by Crippen LogP contribution is -2.36. The van der Waals surface area contributed by atoms with E-state index in [9.17, 15) is 0 Å². The number of rotatable bonds is 8. The lowest BCUT2D eigenvalue weighted by atomic mass is 10.2. The van der Waals surface area contributed by atoms with Gasteiger partial charge in [0.05, 0.1) is 19.8 Å². The zero-order valence-electron chi connectivity index (χ0n) is 13.0. The number of hydrogen-bond donors (Lipinski definition) is 1. The Morgan fingerprint density at radius 2 is 1.95 bits per heavy atom. The molecule has 1 aliphatic rings. The molecule has 0 bridgehead atoms. The molecule has 5 nitrogen and oxygen atoms in total. The van der Waals surface area contributed by atoms with Crippen LogP contribution in [0.2, 0.25) is 0 Å². The van der Waals surface area contributed by atoms with Crippen LogP contribution in [0.3, 0.4) is 0 Å². The van der Waals surface area contributed by atoms with Crippen molar-refractivity contribution in [3.05, 3.63) is 12.1 Å². The number of anilines is 2. The number of nitrogens with zero attached hydrogens (tertiary/aromatic N) is 2. The van der Waals surface area contributed by atoms with Crippen LogP contribution in [0.1, 0.15) is 39.0 Å². The number of ether oxygens (including phenoxy) is 2. The fourth-order valence-corrected chi connectivity index (χ4v) is 2.47. The molecular formula is C16H27N3O2. The highest BCUT2D eigenvalue weighted by molar-refractivity contribution is 5.55. The Morgan fingerprint density at radius 3 is 2.71 bits per heavy atom. The van der Waals surface area contributed by atoms with Crippen LogP contribution in [0.15, 0.2) is 12.1 Å². The van der Waals surface area contributed by atoms with E-state index in [0.29, 0.717) is 18.3 Å². The Hall–Kier alpha value is -1.49. The first kappa shape index (κ1) is 15.9. The van der Waals surface area contributed by atoms with Crippen LogP contribution in [-0.2, 0) is 4.74 Å². The number of unbranched alkanes of at least 4 members (excludes halogenated alkanes) is 4. The maximum Gasteiger partial charge on any atom is 0.217 e. The SMILES string of the molecule is CCCCCCCOc1cc(N2CCOCC2)cc(N)n1. The van der Waals surface area contributed by atoms with E-state index >= 15 is 0 Å². The largest absolute Gasteiger partial charge is 0.478 e. The molecule has 0 amide bonds. The predicted octanol–water partition coefficient (Wildman–Crippen LogP) is 2.85. The molecule has 0 aliphatic carbocycles. The summed E-state index contributed by atoms with van der Waals surface area (Å²) >= 11 is 0. The normalized spacial score (nSPS) is 15.2.